The van der Waals surface area contributed by atoms with E-state index in [4.69, 9.17) is 17.2 Å². The maximum absolute atomic E-state index is 14.3. The number of carbonyl (C=O) groups is 6. The number of hydrogen-bond acceptors (Lipinski definition) is 17. The number of hydrogen-bond donors (Lipinski definition) is 15. The normalized spacial score (nSPS) is 31.5. The van der Waals surface area contributed by atoms with Gasteiger partial charge in [0, 0.05) is 32.6 Å². The zero-order chi connectivity index (χ0) is 43.7. The lowest BCUT2D eigenvalue weighted by Gasteiger charge is -2.35. The van der Waals surface area contributed by atoms with Crippen LogP contribution in [0, 0.1) is 0 Å². The third kappa shape index (κ3) is 11.4. The minimum Gasteiger partial charge on any atom is -0.508 e. The maximum Gasteiger partial charge on any atom is 0.248 e. The van der Waals surface area contributed by atoms with Gasteiger partial charge in [-0.25, -0.2) is 0 Å². The van der Waals surface area contributed by atoms with Crippen molar-refractivity contribution in [1.82, 2.24) is 36.4 Å². The Balaban J connectivity index is 1.82. The van der Waals surface area contributed by atoms with E-state index >= 15 is 0 Å². The molecule has 0 saturated carbocycles. The molecule has 23 heteroatoms. The van der Waals surface area contributed by atoms with Crippen molar-refractivity contribution in [3.8, 4) is 5.75 Å². The van der Waals surface area contributed by atoms with E-state index in [1.54, 1.807) is 0 Å². The summed E-state index contributed by atoms with van der Waals surface area (Å²) in [5.41, 5.74) is 17.4. The van der Waals surface area contributed by atoms with Gasteiger partial charge in [-0.2, -0.15) is 0 Å². The smallest absolute Gasteiger partial charge is 0.248 e. The molecule has 3 fully saturated rings. The van der Waals surface area contributed by atoms with E-state index in [0.717, 1.165) is 9.80 Å². The maximum atomic E-state index is 14.3. The van der Waals surface area contributed by atoms with E-state index in [1.807, 2.05) is 0 Å². The molecule has 3 saturated heterocycles. The van der Waals surface area contributed by atoms with Crippen molar-refractivity contribution >= 4 is 35.4 Å². The van der Waals surface area contributed by atoms with Crippen LogP contribution in [-0.4, -0.2) is 187 Å². The monoisotopic (exact) mass is 838 g/mol. The fourth-order valence-corrected chi connectivity index (χ4v) is 7.42. The summed E-state index contributed by atoms with van der Waals surface area (Å²) in [6, 6.07) is -5.37. The van der Waals surface area contributed by atoms with Crippen molar-refractivity contribution in [1.29, 1.82) is 0 Å². The van der Waals surface area contributed by atoms with Crippen LogP contribution in [0.15, 0.2) is 24.3 Å². The molecule has 3 heterocycles. The Bertz CT molecular complexity index is 1640. The summed E-state index contributed by atoms with van der Waals surface area (Å²) in [7, 11) is 0. The molecule has 59 heavy (non-hydrogen) atoms. The van der Waals surface area contributed by atoms with Gasteiger partial charge in [-0.3, -0.25) is 34.1 Å². The molecule has 3 aliphatic rings. The summed E-state index contributed by atoms with van der Waals surface area (Å²) < 4.78 is 0. The second kappa shape index (κ2) is 21.1. The van der Waals surface area contributed by atoms with Crippen LogP contribution in [-0.2, 0) is 28.8 Å². The Morgan fingerprint density at radius 2 is 1.39 bits per heavy atom. The van der Waals surface area contributed by atoms with Crippen LogP contribution in [0.3, 0.4) is 0 Å². The van der Waals surface area contributed by atoms with Crippen LogP contribution >= 0.6 is 0 Å². The second-order valence-electron chi connectivity index (χ2n) is 15.0. The molecule has 0 spiro atoms. The molecular weight excluding hydrogens is 780 g/mol. The van der Waals surface area contributed by atoms with E-state index in [9.17, 15) is 64.5 Å². The largest absolute Gasteiger partial charge is 0.508 e. The average molecular weight is 839 g/mol. The van der Waals surface area contributed by atoms with Crippen molar-refractivity contribution in [2.45, 2.75) is 118 Å². The summed E-state index contributed by atoms with van der Waals surface area (Å²) in [6.45, 7) is 0.756. The molecule has 23 nitrogen and oxygen atoms in total. The molecule has 1 aromatic rings. The molecule has 0 aliphatic carbocycles. The van der Waals surface area contributed by atoms with Crippen LogP contribution in [0.5, 0.6) is 5.75 Å². The van der Waals surface area contributed by atoms with Crippen molar-refractivity contribution in [2.24, 2.45) is 17.2 Å². The van der Waals surface area contributed by atoms with Crippen molar-refractivity contribution < 1.29 is 64.5 Å². The first-order valence-corrected chi connectivity index (χ1v) is 19.5. The number of nitrogens with zero attached hydrogens (tertiary/aromatic N) is 2. The molecule has 6 amide bonds. The Morgan fingerprint density at radius 1 is 0.763 bits per heavy atom. The third-order valence-corrected chi connectivity index (χ3v) is 10.7. The van der Waals surface area contributed by atoms with Crippen molar-refractivity contribution in [2.75, 3.05) is 32.7 Å². The zero-order valence-electron chi connectivity index (χ0n) is 32.6. The third-order valence-electron chi connectivity index (χ3n) is 10.7. The first-order valence-electron chi connectivity index (χ1n) is 19.5. The van der Waals surface area contributed by atoms with Crippen LogP contribution in [0.4, 0.5) is 0 Å². The number of aliphatic hydroxyl groups excluding tert-OH is 6. The van der Waals surface area contributed by atoms with Crippen LogP contribution in [0.1, 0.15) is 50.7 Å². The number of nitrogens with two attached hydrogens (primary N) is 3. The van der Waals surface area contributed by atoms with E-state index in [1.165, 1.54) is 31.2 Å². The molecule has 330 valence electrons. The lowest BCUT2D eigenvalue weighted by molar-refractivity contribution is -0.148. The number of carbonyl (C=O) groups excluding carboxylic acids is 6. The number of rotatable bonds is 10. The molecule has 0 aromatic heterocycles. The Kier molecular flexibility index (Phi) is 16.9. The SMILES string of the molecule is CC(O)[C@@H]1NC(=O)[C@@H](N)CC(O)C(NCCN)NC(=O)[C@@H]2C(O)CCN2C(=O)[C@H](C(O)CCN)NC(=O)[C@H]([C@H](O)C(O)c2ccc(O)cc2)NC(=O)[C@@H]2CCCN2C1=O. The van der Waals surface area contributed by atoms with Gasteiger partial charge in [0.2, 0.25) is 35.4 Å². The number of phenolic OH excluding ortho intramolecular Hbond substituents is 1. The van der Waals surface area contributed by atoms with Gasteiger partial charge in [0.05, 0.1) is 30.5 Å². The Morgan fingerprint density at radius 3 is 2.02 bits per heavy atom. The van der Waals surface area contributed by atoms with E-state index in [2.05, 4.69) is 26.6 Å². The average Bonchev–Trinajstić information content (AvgIpc) is 3.85. The summed E-state index contributed by atoms with van der Waals surface area (Å²) in [4.78, 5) is 85.6. The van der Waals surface area contributed by atoms with Crippen molar-refractivity contribution in [3.63, 3.8) is 0 Å². The van der Waals surface area contributed by atoms with Crippen LogP contribution in [0.2, 0.25) is 0 Å². The number of aliphatic hydroxyl groups is 6. The Hall–Kier alpha value is -4.56. The standard InChI is InChI=1S/C36H58N10O13/c1-16(47)24-35(58)45-13-2-3-20(45)32(55)43-26(29(53)28(52)17-4-6-18(48)7-5-17)33(56)42-25(21(49)8-10-37)36(59)46-14-9-22(50)27(46)34(57)44-30(40-12-11-38)23(51)15-19(39)31(54)41-24/h4-7,16,19-30,40,47-53H,2-3,8-15,37-39H2,1H3,(H,41,54)(H,42,56)(H,43,55)(H,44,57)/t16?,19-,20-,21?,22?,23?,24-,25-,26-,27-,28?,29-,30?/m0/s1. The number of fused-ring (bicyclic) bond motifs is 2. The second-order valence-corrected chi connectivity index (χ2v) is 15.0. The lowest BCUT2D eigenvalue weighted by atomic mass is 9.96. The highest BCUT2D eigenvalue weighted by Gasteiger charge is 2.48. The highest BCUT2D eigenvalue weighted by molar-refractivity contribution is 5.97. The van der Waals surface area contributed by atoms with Crippen LogP contribution < -0.4 is 43.8 Å². The van der Waals surface area contributed by atoms with E-state index < -0.39 is 121 Å². The predicted molar refractivity (Wildman–Crippen MR) is 205 cm³/mol. The highest BCUT2D eigenvalue weighted by atomic mass is 16.3. The number of nitrogens with one attached hydrogen (secondary N) is 5. The molecule has 1 aromatic carbocycles. The minimum absolute atomic E-state index is 0.00817. The first kappa shape index (κ1) is 47.1. The van der Waals surface area contributed by atoms with Gasteiger partial charge >= 0.3 is 0 Å². The summed E-state index contributed by atoms with van der Waals surface area (Å²) >= 11 is 0. The predicted octanol–water partition coefficient (Wildman–Crippen LogP) is -7.63. The molecule has 4 rings (SSSR count). The number of aromatic hydroxyl groups is 1. The fraction of sp³-hybridized carbons (Fsp3) is 0.667. The number of amides is 6. The minimum atomic E-state index is -2.18. The molecular formula is C36H58N10O13. The van der Waals surface area contributed by atoms with Gasteiger partial charge in [0.1, 0.15) is 54.3 Å². The molecule has 0 radical (unpaired) electrons. The van der Waals surface area contributed by atoms with Crippen LogP contribution in [0.25, 0.3) is 0 Å². The number of phenols is 1. The van der Waals surface area contributed by atoms with Gasteiger partial charge < -0.3 is 84.0 Å². The zero-order valence-corrected chi connectivity index (χ0v) is 32.6. The van der Waals surface area contributed by atoms with Crippen molar-refractivity contribution in [3.05, 3.63) is 29.8 Å². The molecule has 0 bridgehead atoms. The van der Waals surface area contributed by atoms with E-state index in [0.29, 0.717) is 0 Å². The summed E-state index contributed by atoms with van der Waals surface area (Å²) in [5.74, 6) is -6.51. The molecule has 6 unspecified atom stereocenters. The lowest BCUT2D eigenvalue weighted by Crippen LogP contribution is -2.65. The topological polar surface area (TPSA) is 389 Å². The van der Waals surface area contributed by atoms with E-state index in [-0.39, 0.29) is 69.7 Å². The van der Waals surface area contributed by atoms with Gasteiger partial charge in [0.15, 0.2) is 0 Å². The fourth-order valence-electron chi connectivity index (χ4n) is 7.42. The quantitative estimate of drug-likeness (QED) is 0.104. The molecule has 18 N–H and O–H groups in total. The number of benzene rings is 1. The highest BCUT2D eigenvalue weighted by Crippen LogP contribution is 2.25. The molecule has 3 aliphatic heterocycles. The summed E-state index contributed by atoms with van der Waals surface area (Å²) in [5, 5.41) is 88.8. The summed E-state index contributed by atoms with van der Waals surface area (Å²) in [6.07, 6.45) is -12.5. The van der Waals surface area contributed by atoms with Gasteiger partial charge in [0.25, 0.3) is 0 Å². The Labute approximate surface area is 339 Å². The van der Waals surface area contributed by atoms with Gasteiger partial charge in [-0.15, -0.1) is 0 Å². The first-order chi connectivity index (χ1) is 27.9. The van der Waals surface area contributed by atoms with Gasteiger partial charge in [-0.05, 0) is 56.8 Å². The molecule has 13 atom stereocenters. The van der Waals surface area contributed by atoms with Gasteiger partial charge in [-0.1, -0.05) is 12.1 Å².